The quantitative estimate of drug-likeness (QED) is 0.794. The molecule has 2 amide bonds. The van der Waals surface area contributed by atoms with Gasteiger partial charge in [0.2, 0.25) is 0 Å². The van der Waals surface area contributed by atoms with Crippen molar-refractivity contribution in [2.24, 2.45) is 0 Å². The van der Waals surface area contributed by atoms with E-state index in [4.69, 9.17) is 4.84 Å². The van der Waals surface area contributed by atoms with Crippen molar-refractivity contribution >= 4 is 23.9 Å². The van der Waals surface area contributed by atoms with E-state index in [1.54, 1.807) is 4.68 Å². The molecular formula is C18H15N3O4. The van der Waals surface area contributed by atoms with Gasteiger partial charge in [0, 0.05) is 24.8 Å². The molecule has 1 aliphatic carbocycles. The summed E-state index contributed by atoms with van der Waals surface area (Å²) in [5.41, 5.74) is 2.77. The van der Waals surface area contributed by atoms with Crippen molar-refractivity contribution in [2.45, 2.75) is 25.8 Å². The minimum absolute atomic E-state index is 0.0621. The molecule has 0 saturated carbocycles. The lowest BCUT2D eigenvalue weighted by molar-refractivity contribution is -0.172. The third-order valence-corrected chi connectivity index (χ3v) is 4.24. The van der Waals surface area contributed by atoms with Crippen LogP contribution >= 0.6 is 0 Å². The molecule has 0 spiro atoms. The first-order valence-corrected chi connectivity index (χ1v) is 8.01. The molecule has 0 bridgehead atoms. The summed E-state index contributed by atoms with van der Waals surface area (Å²) >= 11 is 0. The molecule has 7 nitrogen and oxygen atoms in total. The molecule has 0 N–H and O–H groups in total. The Bertz CT molecular complexity index is 883. The Kier molecular flexibility index (Phi) is 3.68. The van der Waals surface area contributed by atoms with Crippen LogP contribution in [0, 0.1) is 0 Å². The zero-order chi connectivity index (χ0) is 17.4. The van der Waals surface area contributed by atoms with E-state index < -0.39 is 17.8 Å². The molecule has 2 aromatic rings. The standard InChI is InChI=1S/C18H15N3O4/c22-15-9-10-16(23)21(15)25-18(24)17-13-7-4-8-14(13)20(19-17)11-12-5-2-1-3-6-12/h1-7H,8-11H2. The number of amides is 2. The highest BCUT2D eigenvalue weighted by Crippen LogP contribution is 2.25. The Labute approximate surface area is 143 Å². The van der Waals surface area contributed by atoms with Gasteiger partial charge in [-0.2, -0.15) is 5.10 Å². The minimum Gasteiger partial charge on any atom is -0.323 e. The largest absolute Gasteiger partial charge is 0.384 e. The summed E-state index contributed by atoms with van der Waals surface area (Å²) in [5.74, 6) is -1.80. The Morgan fingerprint density at radius 3 is 2.56 bits per heavy atom. The molecule has 1 aromatic carbocycles. The van der Waals surface area contributed by atoms with Gasteiger partial charge >= 0.3 is 5.97 Å². The maximum Gasteiger partial charge on any atom is 0.384 e. The fourth-order valence-electron chi connectivity index (χ4n) is 3.01. The second kappa shape index (κ2) is 6.01. The molecule has 1 fully saturated rings. The number of nitrogens with zero attached hydrogens (tertiary/aromatic N) is 3. The van der Waals surface area contributed by atoms with Crippen LogP contribution in [-0.2, 0) is 27.4 Å². The molecule has 25 heavy (non-hydrogen) atoms. The molecule has 4 rings (SSSR count). The number of hydroxylamine groups is 2. The van der Waals surface area contributed by atoms with Crippen molar-refractivity contribution in [1.82, 2.24) is 14.8 Å². The van der Waals surface area contributed by atoms with E-state index in [1.165, 1.54) is 0 Å². The van der Waals surface area contributed by atoms with Gasteiger partial charge in [-0.05, 0) is 5.56 Å². The average molecular weight is 337 g/mol. The van der Waals surface area contributed by atoms with Gasteiger partial charge in [-0.15, -0.1) is 5.06 Å². The summed E-state index contributed by atoms with van der Waals surface area (Å²) in [6.45, 7) is 0.527. The third-order valence-electron chi connectivity index (χ3n) is 4.24. The van der Waals surface area contributed by atoms with Crippen molar-refractivity contribution in [1.29, 1.82) is 0 Å². The van der Waals surface area contributed by atoms with E-state index in [9.17, 15) is 14.4 Å². The van der Waals surface area contributed by atoms with E-state index in [0.29, 0.717) is 23.6 Å². The van der Waals surface area contributed by atoms with Crippen LogP contribution in [0.2, 0.25) is 0 Å². The van der Waals surface area contributed by atoms with Gasteiger partial charge in [-0.25, -0.2) is 4.79 Å². The van der Waals surface area contributed by atoms with Gasteiger partial charge in [0.25, 0.3) is 11.8 Å². The van der Waals surface area contributed by atoms with Crippen LogP contribution in [-0.4, -0.2) is 32.6 Å². The number of fused-ring (bicyclic) bond motifs is 1. The molecule has 1 saturated heterocycles. The first-order chi connectivity index (χ1) is 12.1. The first-order valence-electron chi connectivity index (χ1n) is 8.01. The smallest absolute Gasteiger partial charge is 0.323 e. The van der Waals surface area contributed by atoms with Gasteiger partial charge in [0.05, 0.1) is 12.2 Å². The highest BCUT2D eigenvalue weighted by molar-refractivity contribution is 6.03. The predicted octanol–water partition coefficient (Wildman–Crippen LogP) is 1.72. The highest BCUT2D eigenvalue weighted by atomic mass is 16.7. The van der Waals surface area contributed by atoms with E-state index >= 15 is 0 Å². The van der Waals surface area contributed by atoms with Crippen molar-refractivity contribution in [3.63, 3.8) is 0 Å². The Morgan fingerprint density at radius 2 is 1.84 bits per heavy atom. The lowest BCUT2D eigenvalue weighted by Gasteiger charge is -2.11. The number of hydrogen-bond acceptors (Lipinski definition) is 5. The van der Waals surface area contributed by atoms with Crippen LogP contribution in [0.15, 0.2) is 36.4 Å². The van der Waals surface area contributed by atoms with Crippen LogP contribution in [0.3, 0.4) is 0 Å². The second-order valence-corrected chi connectivity index (χ2v) is 5.92. The summed E-state index contributed by atoms with van der Waals surface area (Å²) in [4.78, 5) is 40.7. The summed E-state index contributed by atoms with van der Waals surface area (Å²) in [6, 6.07) is 9.78. The highest BCUT2D eigenvalue weighted by Gasteiger charge is 2.35. The Morgan fingerprint density at radius 1 is 1.12 bits per heavy atom. The number of rotatable bonds is 4. The molecule has 0 atom stereocenters. The monoisotopic (exact) mass is 337 g/mol. The van der Waals surface area contributed by atoms with Crippen molar-refractivity contribution < 1.29 is 19.2 Å². The zero-order valence-electron chi connectivity index (χ0n) is 13.3. The summed E-state index contributed by atoms with van der Waals surface area (Å²) in [5, 5.41) is 4.91. The lowest BCUT2D eigenvalue weighted by Crippen LogP contribution is -2.32. The molecule has 126 valence electrons. The molecule has 0 radical (unpaired) electrons. The van der Waals surface area contributed by atoms with Crippen LogP contribution < -0.4 is 0 Å². The number of hydrogen-bond donors (Lipinski definition) is 0. The minimum atomic E-state index is -0.793. The maximum absolute atomic E-state index is 12.4. The number of allylic oxidation sites excluding steroid dienone is 1. The van der Waals surface area contributed by atoms with E-state index in [2.05, 4.69) is 5.10 Å². The Hall–Kier alpha value is -3.22. The van der Waals surface area contributed by atoms with E-state index in [-0.39, 0.29) is 18.5 Å². The molecule has 2 aliphatic rings. The number of benzene rings is 1. The van der Waals surface area contributed by atoms with Crippen LogP contribution in [0.25, 0.3) is 6.08 Å². The topological polar surface area (TPSA) is 81.5 Å². The zero-order valence-corrected chi connectivity index (χ0v) is 13.3. The fraction of sp³-hybridized carbons (Fsp3) is 0.222. The third kappa shape index (κ3) is 2.73. The number of imide groups is 1. The van der Waals surface area contributed by atoms with Gasteiger partial charge in [-0.1, -0.05) is 42.5 Å². The molecule has 2 heterocycles. The number of aromatic nitrogens is 2. The average Bonchev–Trinajstić information content (AvgIpc) is 3.29. The number of carbonyl (C=O) groups excluding carboxylic acids is 3. The molecule has 7 heteroatoms. The lowest BCUT2D eigenvalue weighted by atomic mass is 10.2. The van der Waals surface area contributed by atoms with Crippen LogP contribution in [0.5, 0.6) is 0 Å². The number of carbonyl (C=O) groups is 3. The summed E-state index contributed by atoms with van der Waals surface area (Å²) < 4.78 is 1.76. The van der Waals surface area contributed by atoms with Gasteiger partial charge in [-0.3, -0.25) is 14.3 Å². The summed E-state index contributed by atoms with van der Waals surface area (Å²) in [7, 11) is 0. The van der Waals surface area contributed by atoms with Crippen molar-refractivity contribution in [2.75, 3.05) is 0 Å². The van der Waals surface area contributed by atoms with Crippen LogP contribution in [0.1, 0.15) is 40.2 Å². The van der Waals surface area contributed by atoms with E-state index in [1.807, 2.05) is 42.5 Å². The normalized spacial score (nSPS) is 15.8. The molecule has 1 aromatic heterocycles. The fourth-order valence-corrected chi connectivity index (χ4v) is 3.01. The molecule has 1 aliphatic heterocycles. The second-order valence-electron chi connectivity index (χ2n) is 5.92. The molecule has 0 unspecified atom stereocenters. The van der Waals surface area contributed by atoms with E-state index in [0.717, 1.165) is 11.3 Å². The van der Waals surface area contributed by atoms with Gasteiger partial charge in [0.1, 0.15) is 0 Å². The SMILES string of the molecule is O=C(ON1C(=O)CCC1=O)c1nn(Cc2ccccc2)c2c1C=CC2. The Balaban J connectivity index is 1.61. The maximum atomic E-state index is 12.4. The summed E-state index contributed by atoms with van der Waals surface area (Å²) in [6.07, 6.45) is 4.55. The van der Waals surface area contributed by atoms with Crippen molar-refractivity contribution in [3.05, 3.63) is 58.9 Å². The van der Waals surface area contributed by atoms with Crippen molar-refractivity contribution in [3.8, 4) is 0 Å². The first kappa shape index (κ1) is 15.3. The molecular weight excluding hydrogens is 322 g/mol. The van der Waals surface area contributed by atoms with Crippen LogP contribution in [0.4, 0.5) is 0 Å². The van der Waals surface area contributed by atoms with Gasteiger partial charge < -0.3 is 4.84 Å². The van der Waals surface area contributed by atoms with Gasteiger partial charge in [0.15, 0.2) is 5.69 Å². The predicted molar refractivity (Wildman–Crippen MR) is 87.0 cm³/mol.